The van der Waals surface area contributed by atoms with E-state index >= 15 is 0 Å². The Labute approximate surface area is 103 Å². The zero-order chi connectivity index (χ0) is 11.4. The molecule has 0 N–H and O–H groups in total. The van der Waals surface area contributed by atoms with Gasteiger partial charge in [-0.3, -0.25) is 0 Å². The summed E-state index contributed by atoms with van der Waals surface area (Å²) in [6, 6.07) is 14.9. The summed E-state index contributed by atoms with van der Waals surface area (Å²) in [7, 11) is 0. The minimum Gasteiger partial charge on any atom is -0.205 e. The van der Waals surface area contributed by atoms with E-state index in [1.165, 1.54) is 11.0 Å². The molecule has 0 aliphatic heterocycles. The molecule has 2 aromatic rings. The molecule has 82 valence electrons. The van der Waals surface area contributed by atoms with Crippen molar-refractivity contribution in [2.75, 3.05) is 0 Å². The van der Waals surface area contributed by atoms with E-state index in [1.54, 1.807) is 23.9 Å². The van der Waals surface area contributed by atoms with Crippen molar-refractivity contribution in [1.29, 1.82) is 0 Å². The van der Waals surface area contributed by atoms with E-state index in [-0.39, 0.29) is 10.8 Å². The fourth-order valence-electron chi connectivity index (χ4n) is 1.31. The van der Waals surface area contributed by atoms with Gasteiger partial charge >= 0.3 is 0 Å². The highest BCUT2D eigenvalue weighted by atomic mass is 35.5. The summed E-state index contributed by atoms with van der Waals surface area (Å²) in [5, 5.41) is 0.186. The van der Waals surface area contributed by atoms with Crippen LogP contribution in [0.3, 0.4) is 0 Å². The molecule has 0 nitrogen and oxygen atoms in total. The summed E-state index contributed by atoms with van der Waals surface area (Å²) in [6.07, 6.45) is 0. The monoisotopic (exact) mass is 252 g/mol. The molecule has 0 bridgehead atoms. The Hall–Kier alpha value is -0.990. The maximum atomic E-state index is 12.9. The number of thioether (sulfide) groups is 1. The smallest absolute Gasteiger partial charge is 0.141 e. The van der Waals surface area contributed by atoms with Gasteiger partial charge in [0.25, 0.3) is 0 Å². The molecular formula is C13H10ClFS. The lowest BCUT2D eigenvalue weighted by atomic mass is 10.2. The van der Waals surface area contributed by atoms with Gasteiger partial charge in [-0.15, -0.1) is 11.8 Å². The summed E-state index contributed by atoms with van der Waals surface area (Å²) < 4.78 is 12.9. The number of rotatable bonds is 3. The standard InChI is InChI=1S/C13H10ClFS/c14-12-8-10(6-7-13(12)15)9-16-11-4-2-1-3-5-11/h1-8H,9H2. The summed E-state index contributed by atoms with van der Waals surface area (Å²) in [6.45, 7) is 0. The Bertz CT molecular complexity index is 471. The van der Waals surface area contributed by atoms with Gasteiger partial charge in [-0.05, 0) is 29.8 Å². The van der Waals surface area contributed by atoms with Crippen LogP contribution < -0.4 is 0 Å². The molecule has 2 rings (SSSR count). The third-order valence-corrected chi connectivity index (χ3v) is 3.51. The van der Waals surface area contributed by atoms with Crippen LogP contribution in [0.2, 0.25) is 5.02 Å². The molecule has 0 aliphatic rings. The van der Waals surface area contributed by atoms with E-state index in [2.05, 4.69) is 12.1 Å². The van der Waals surface area contributed by atoms with Crippen LogP contribution in [0, 0.1) is 5.82 Å². The normalized spacial score (nSPS) is 10.4. The van der Waals surface area contributed by atoms with Crippen LogP contribution in [0.1, 0.15) is 5.56 Å². The number of hydrogen-bond acceptors (Lipinski definition) is 1. The number of halogens is 2. The van der Waals surface area contributed by atoms with Gasteiger partial charge in [-0.25, -0.2) is 4.39 Å². The molecule has 0 aliphatic carbocycles. The molecule has 0 amide bonds. The van der Waals surface area contributed by atoms with E-state index in [0.29, 0.717) is 0 Å². The Morgan fingerprint density at radius 2 is 1.81 bits per heavy atom. The highest BCUT2D eigenvalue weighted by Gasteiger charge is 2.01. The molecule has 0 radical (unpaired) electrons. The van der Waals surface area contributed by atoms with Gasteiger partial charge in [0.2, 0.25) is 0 Å². The zero-order valence-corrected chi connectivity index (χ0v) is 10.1. The molecule has 0 aromatic heterocycles. The molecule has 2 aromatic carbocycles. The van der Waals surface area contributed by atoms with Gasteiger partial charge in [0.15, 0.2) is 0 Å². The lowest BCUT2D eigenvalue weighted by molar-refractivity contribution is 0.628. The van der Waals surface area contributed by atoms with Crippen molar-refractivity contribution < 1.29 is 4.39 Å². The van der Waals surface area contributed by atoms with Gasteiger partial charge in [0, 0.05) is 10.6 Å². The van der Waals surface area contributed by atoms with Crippen LogP contribution in [-0.2, 0) is 5.75 Å². The van der Waals surface area contributed by atoms with Gasteiger partial charge in [-0.2, -0.15) is 0 Å². The minimum absolute atomic E-state index is 0.186. The fraction of sp³-hybridized carbons (Fsp3) is 0.0769. The Kier molecular flexibility index (Phi) is 3.86. The first-order chi connectivity index (χ1) is 7.75. The Morgan fingerprint density at radius 3 is 2.50 bits per heavy atom. The second-order valence-corrected chi connectivity index (χ2v) is 4.81. The highest BCUT2D eigenvalue weighted by Crippen LogP contribution is 2.24. The highest BCUT2D eigenvalue weighted by molar-refractivity contribution is 7.98. The van der Waals surface area contributed by atoms with E-state index in [4.69, 9.17) is 11.6 Å². The quantitative estimate of drug-likeness (QED) is 0.709. The number of benzene rings is 2. The van der Waals surface area contributed by atoms with Crippen LogP contribution in [0.4, 0.5) is 4.39 Å². The summed E-state index contributed by atoms with van der Waals surface area (Å²) in [5.41, 5.74) is 1.03. The van der Waals surface area contributed by atoms with Crippen molar-refractivity contribution in [3.05, 3.63) is 64.9 Å². The first-order valence-corrected chi connectivity index (χ1v) is 6.24. The average molecular weight is 253 g/mol. The first kappa shape index (κ1) is 11.5. The van der Waals surface area contributed by atoms with Crippen LogP contribution in [0.5, 0.6) is 0 Å². The van der Waals surface area contributed by atoms with E-state index in [0.717, 1.165) is 11.3 Å². The zero-order valence-electron chi connectivity index (χ0n) is 8.49. The maximum absolute atomic E-state index is 12.9. The third kappa shape index (κ3) is 3.00. The van der Waals surface area contributed by atoms with E-state index < -0.39 is 0 Å². The second-order valence-electron chi connectivity index (χ2n) is 3.35. The molecule has 0 saturated heterocycles. The molecule has 0 atom stereocenters. The average Bonchev–Trinajstić information content (AvgIpc) is 2.32. The third-order valence-electron chi connectivity index (χ3n) is 2.13. The SMILES string of the molecule is Fc1ccc(CSc2ccccc2)cc1Cl. The van der Waals surface area contributed by atoms with Crippen molar-refractivity contribution in [3.8, 4) is 0 Å². The molecule has 0 fully saturated rings. The summed E-state index contributed by atoms with van der Waals surface area (Å²) in [5.74, 6) is 0.430. The lowest BCUT2D eigenvalue weighted by Gasteiger charge is -2.02. The van der Waals surface area contributed by atoms with Gasteiger partial charge < -0.3 is 0 Å². The maximum Gasteiger partial charge on any atom is 0.141 e. The molecule has 0 heterocycles. The van der Waals surface area contributed by atoms with E-state index in [9.17, 15) is 4.39 Å². The lowest BCUT2D eigenvalue weighted by Crippen LogP contribution is -1.83. The topological polar surface area (TPSA) is 0 Å². The fourth-order valence-corrected chi connectivity index (χ4v) is 2.38. The number of hydrogen-bond donors (Lipinski definition) is 0. The van der Waals surface area contributed by atoms with Gasteiger partial charge in [-0.1, -0.05) is 35.9 Å². The summed E-state index contributed by atoms with van der Waals surface area (Å²) in [4.78, 5) is 1.20. The van der Waals surface area contributed by atoms with Gasteiger partial charge in [0.1, 0.15) is 5.82 Å². The summed E-state index contributed by atoms with van der Waals surface area (Å²) >= 11 is 7.42. The molecule has 0 saturated carbocycles. The molecule has 16 heavy (non-hydrogen) atoms. The predicted molar refractivity (Wildman–Crippen MR) is 67.4 cm³/mol. The van der Waals surface area contributed by atoms with Crippen LogP contribution in [0.25, 0.3) is 0 Å². The molecule has 0 spiro atoms. The van der Waals surface area contributed by atoms with E-state index in [1.807, 2.05) is 18.2 Å². The van der Waals surface area contributed by atoms with Crippen molar-refractivity contribution in [1.82, 2.24) is 0 Å². The van der Waals surface area contributed by atoms with Crippen LogP contribution >= 0.6 is 23.4 Å². The van der Waals surface area contributed by atoms with Crippen molar-refractivity contribution in [3.63, 3.8) is 0 Å². The molecule has 0 unspecified atom stereocenters. The van der Waals surface area contributed by atoms with Crippen LogP contribution in [0.15, 0.2) is 53.4 Å². The molecule has 3 heteroatoms. The van der Waals surface area contributed by atoms with Crippen molar-refractivity contribution >= 4 is 23.4 Å². The largest absolute Gasteiger partial charge is 0.205 e. The minimum atomic E-state index is -0.366. The van der Waals surface area contributed by atoms with Crippen LogP contribution in [-0.4, -0.2) is 0 Å². The van der Waals surface area contributed by atoms with Gasteiger partial charge in [0.05, 0.1) is 5.02 Å². The second kappa shape index (κ2) is 5.37. The van der Waals surface area contributed by atoms with Crippen molar-refractivity contribution in [2.24, 2.45) is 0 Å². The van der Waals surface area contributed by atoms with Crippen molar-refractivity contribution in [2.45, 2.75) is 10.6 Å². The Morgan fingerprint density at radius 1 is 1.06 bits per heavy atom. The first-order valence-electron chi connectivity index (χ1n) is 4.87. The predicted octanol–water partition coefficient (Wildman–Crippen LogP) is 4.77. The Balaban J connectivity index is 2.03. The molecular weight excluding hydrogens is 243 g/mol.